The molecule has 0 radical (unpaired) electrons. The molecule has 1 aromatic rings. The molecule has 0 aliphatic rings. The summed E-state index contributed by atoms with van der Waals surface area (Å²) in [5.74, 6) is -1.49. The molecular weight excluding hydrogens is 373 g/mol. The van der Waals surface area contributed by atoms with Crippen LogP contribution >= 0.6 is 22.6 Å². The third-order valence-electron chi connectivity index (χ3n) is 2.19. The average Bonchev–Trinajstić information content (AvgIpc) is 2.27. The van der Waals surface area contributed by atoms with Gasteiger partial charge in [0.1, 0.15) is 0 Å². The van der Waals surface area contributed by atoms with Crippen molar-refractivity contribution >= 4 is 38.6 Å². The van der Waals surface area contributed by atoms with E-state index in [0.29, 0.717) is 0 Å². The van der Waals surface area contributed by atoms with Gasteiger partial charge in [-0.3, -0.25) is 0 Å². The summed E-state index contributed by atoms with van der Waals surface area (Å²) in [6, 6.07) is 6.04. The summed E-state index contributed by atoms with van der Waals surface area (Å²) in [7, 11) is -3.82. The highest BCUT2D eigenvalue weighted by Gasteiger charge is 2.31. The molecule has 0 spiro atoms. The standard InChI is InChI=1S/C10H12INO5S/c1-10(15,9(13)14)6-12-18(16,17)8-4-2-7(11)3-5-8/h2-5,12,15H,6H2,1H3,(H,13,14). The Morgan fingerprint density at radius 2 is 1.89 bits per heavy atom. The van der Waals surface area contributed by atoms with Crippen molar-refractivity contribution in [3.05, 3.63) is 27.8 Å². The maximum absolute atomic E-state index is 11.8. The molecule has 3 N–H and O–H groups in total. The van der Waals surface area contributed by atoms with Crippen LogP contribution in [0.4, 0.5) is 0 Å². The zero-order valence-electron chi connectivity index (χ0n) is 9.42. The number of nitrogens with one attached hydrogen (secondary N) is 1. The Labute approximate surface area is 118 Å². The molecule has 0 aliphatic carbocycles. The van der Waals surface area contributed by atoms with Crippen molar-refractivity contribution in [2.75, 3.05) is 6.54 Å². The highest BCUT2D eigenvalue weighted by molar-refractivity contribution is 14.1. The number of carbonyl (C=O) groups is 1. The van der Waals surface area contributed by atoms with Crippen LogP contribution in [0.1, 0.15) is 6.92 Å². The van der Waals surface area contributed by atoms with Crippen molar-refractivity contribution in [2.24, 2.45) is 0 Å². The van der Waals surface area contributed by atoms with Crippen molar-refractivity contribution in [2.45, 2.75) is 17.4 Å². The molecule has 100 valence electrons. The number of aliphatic carboxylic acids is 1. The lowest BCUT2D eigenvalue weighted by atomic mass is 10.1. The maximum Gasteiger partial charge on any atom is 0.336 e. The van der Waals surface area contributed by atoms with Crippen LogP contribution in [0.15, 0.2) is 29.2 Å². The molecule has 1 unspecified atom stereocenters. The Kier molecular flexibility index (Phi) is 4.70. The number of aliphatic hydroxyl groups is 1. The van der Waals surface area contributed by atoms with E-state index in [-0.39, 0.29) is 4.90 Å². The van der Waals surface area contributed by atoms with Crippen LogP contribution in [-0.2, 0) is 14.8 Å². The Morgan fingerprint density at radius 1 is 1.39 bits per heavy atom. The Bertz CT molecular complexity index is 538. The third-order valence-corrected chi connectivity index (χ3v) is 4.33. The SMILES string of the molecule is CC(O)(CNS(=O)(=O)c1ccc(I)cc1)C(=O)O. The molecule has 0 amide bonds. The number of sulfonamides is 1. The zero-order valence-corrected chi connectivity index (χ0v) is 12.4. The van der Waals surface area contributed by atoms with E-state index in [9.17, 15) is 18.3 Å². The predicted octanol–water partition coefficient (Wildman–Crippen LogP) is 0.405. The molecule has 1 atom stereocenters. The highest BCUT2D eigenvalue weighted by Crippen LogP contribution is 2.12. The summed E-state index contributed by atoms with van der Waals surface area (Å²) >= 11 is 2.03. The summed E-state index contributed by atoms with van der Waals surface area (Å²) in [5.41, 5.74) is -2.14. The van der Waals surface area contributed by atoms with Gasteiger partial charge in [-0.05, 0) is 53.8 Å². The van der Waals surface area contributed by atoms with Crippen molar-refractivity contribution in [3.63, 3.8) is 0 Å². The van der Waals surface area contributed by atoms with Gasteiger partial charge < -0.3 is 10.2 Å². The fourth-order valence-electron chi connectivity index (χ4n) is 1.01. The third kappa shape index (κ3) is 3.90. The fraction of sp³-hybridized carbons (Fsp3) is 0.300. The average molecular weight is 385 g/mol. The van der Waals surface area contributed by atoms with Crippen molar-refractivity contribution < 1.29 is 23.4 Å². The van der Waals surface area contributed by atoms with Gasteiger partial charge >= 0.3 is 5.97 Å². The quantitative estimate of drug-likeness (QED) is 0.637. The molecule has 0 saturated carbocycles. The van der Waals surface area contributed by atoms with E-state index in [2.05, 4.69) is 4.72 Å². The van der Waals surface area contributed by atoms with Crippen LogP contribution in [0, 0.1) is 3.57 Å². The number of rotatable bonds is 5. The molecule has 18 heavy (non-hydrogen) atoms. The van der Waals surface area contributed by atoms with Crippen LogP contribution in [-0.4, -0.2) is 36.7 Å². The summed E-state index contributed by atoms with van der Waals surface area (Å²) in [6.45, 7) is 0.419. The second kappa shape index (κ2) is 5.51. The molecule has 0 saturated heterocycles. The van der Waals surface area contributed by atoms with Crippen LogP contribution in [0.2, 0.25) is 0 Å². The second-order valence-electron chi connectivity index (χ2n) is 3.86. The van der Waals surface area contributed by atoms with E-state index in [1.165, 1.54) is 12.1 Å². The first kappa shape index (κ1) is 15.3. The van der Waals surface area contributed by atoms with Crippen LogP contribution in [0.5, 0.6) is 0 Å². The second-order valence-corrected chi connectivity index (χ2v) is 6.87. The summed E-state index contributed by atoms with van der Waals surface area (Å²) in [5, 5.41) is 18.1. The first-order chi connectivity index (χ1) is 8.15. The van der Waals surface area contributed by atoms with Gasteiger partial charge in [0.2, 0.25) is 10.0 Å². The first-order valence-electron chi connectivity index (χ1n) is 4.86. The van der Waals surface area contributed by atoms with Gasteiger partial charge in [-0.25, -0.2) is 17.9 Å². The van der Waals surface area contributed by atoms with E-state index >= 15 is 0 Å². The minimum Gasteiger partial charge on any atom is -0.479 e. The van der Waals surface area contributed by atoms with Crippen molar-refractivity contribution in [3.8, 4) is 0 Å². The van der Waals surface area contributed by atoms with E-state index < -0.39 is 28.1 Å². The van der Waals surface area contributed by atoms with Crippen LogP contribution in [0.3, 0.4) is 0 Å². The van der Waals surface area contributed by atoms with Gasteiger partial charge in [0.15, 0.2) is 5.60 Å². The molecule has 0 fully saturated rings. The minimum absolute atomic E-state index is 0.0177. The normalized spacial score (nSPS) is 15.1. The lowest BCUT2D eigenvalue weighted by molar-refractivity contribution is -0.155. The zero-order chi connectivity index (χ0) is 14.0. The molecule has 1 aromatic carbocycles. The van der Waals surface area contributed by atoms with E-state index in [0.717, 1.165) is 10.5 Å². The topological polar surface area (TPSA) is 104 Å². The lowest BCUT2D eigenvalue weighted by Crippen LogP contribution is -2.46. The van der Waals surface area contributed by atoms with Gasteiger partial charge in [0.05, 0.1) is 11.4 Å². The lowest BCUT2D eigenvalue weighted by Gasteiger charge is -2.18. The van der Waals surface area contributed by atoms with E-state index in [1.54, 1.807) is 12.1 Å². The van der Waals surface area contributed by atoms with Gasteiger partial charge in [-0.2, -0.15) is 0 Å². The Balaban J connectivity index is 2.84. The number of carboxylic acid groups (broad SMARTS) is 1. The van der Waals surface area contributed by atoms with Crippen LogP contribution in [0.25, 0.3) is 0 Å². The van der Waals surface area contributed by atoms with Gasteiger partial charge in [0, 0.05) is 3.57 Å². The van der Waals surface area contributed by atoms with Crippen molar-refractivity contribution in [1.29, 1.82) is 0 Å². The molecule has 0 bridgehead atoms. The number of halogens is 1. The van der Waals surface area contributed by atoms with Gasteiger partial charge in [-0.1, -0.05) is 0 Å². The molecule has 0 aromatic heterocycles. The van der Waals surface area contributed by atoms with E-state index in [1.807, 2.05) is 22.6 Å². The van der Waals surface area contributed by atoms with Gasteiger partial charge in [0.25, 0.3) is 0 Å². The molecule has 8 heteroatoms. The fourth-order valence-corrected chi connectivity index (χ4v) is 2.50. The molecular formula is C10H12INO5S. The highest BCUT2D eigenvalue weighted by atomic mass is 127. The van der Waals surface area contributed by atoms with E-state index in [4.69, 9.17) is 5.11 Å². The number of hydrogen-bond donors (Lipinski definition) is 3. The molecule has 0 aliphatic heterocycles. The number of hydrogen-bond acceptors (Lipinski definition) is 4. The smallest absolute Gasteiger partial charge is 0.336 e. The first-order valence-corrected chi connectivity index (χ1v) is 7.42. The summed E-state index contributed by atoms with van der Waals surface area (Å²) in [6.07, 6.45) is 0. The summed E-state index contributed by atoms with van der Waals surface area (Å²) in [4.78, 5) is 10.7. The minimum atomic E-state index is -3.82. The monoisotopic (exact) mass is 385 g/mol. The maximum atomic E-state index is 11.8. The Hall–Kier alpha value is -0.710. The van der Waals surface area contributed by atoms with Crippen LogP contribution < -0.4 is 4.72 Å². The molecule has 6 nitrogen and oxygen atoms in total. The van der Waals surface area contributed by atoms with Crippen molar-refractivity contribution in [1.82, 2.24) is 4.72 Å². The predicted molar refractivity (Wildman–Crippen MR) is 72.6 cm³/mol. The molecule has 1 rings (SSSR count). The number of benzene rings is 1. The summed E-state index contributed by atoms with van der Waals surface area (Å²) < 4.78 is 26.5. The molecule has 0 heterocycles. The Morgan fingerprint density at radius 3 is 2.33 bits per heavy atom. The largest absolute Gasteiger partial charge is 0.479 e. The van der Waals surface area contributed by atoms with Gasteiger partial charge in [-0.15, -0.1) is 0 Å². The number of carboxylic acids is 1.